The highest BCUT2D eigenvalue weighted by molar-refractivity contribution is 5.49. The van der Waals surface area contributed by atoms with Gasteiger partial charge in [0.25, 0.3) is 0 Å². The van der Waals surface area contributed by atoms with Crippen molar-refractivity contribution in [1.29, 1.82) is 0 Å². The molecular formula is C36H58O2. The molecule has 0 amide bonds. The normalized spacial score (nSPS) is 12.6. The fraction of sp³-hybridized carbons (Fsp3) is 0.667. The third-order valence-corrected chi connectivity index (χ3v) is 7.94. The van der Waals surface area contributed by atoms with Crippen LogP contribution in [0.1, 0.15) is 166 Å². The average Bonchev–Trinajstić information content (AvgIpc) is 2.79. The van der Waals surface area contributed by atoms with Crippen LogP contribution in [0.5, 0.6) is 11.5 Å². The molecule has 0 aliphatic carbocycles. The summed E-state index contributed by atoms with van der Waals surface area (Å²) < 4.78 is 0. The van der Waals surface area contributed by atoms with Crippen molar-refractivity contribution in [2.24, 2.45) is 0 Å². The minimum Gasteiger partial charge on any atom is -0.507 e. The summed E-state index contributed by atoms with van der Waals surface area (Å²) in [5.74, 6) is 1.67. The lowest BCUT2D eigenvalue weighted by Crippen LogP contribution is -2.13. The molecule has 0 saturated carbocycles. The van der Waals surface area contributed by atoms with Crippen LogP contribution in [-0.2, 0) is 23.7 Å². The molecule has 0 fully saturated rings. The summed E-state index contributed by atoms with van der Waals surface area (Å²) in [7, 11) is 0. The predicted octanol–water partition coefficient (Wildman–Crippen LogP) is 10.8. The van der Waals surface area contributed by atoms with E-state index in [-0.39, 0.29) is 10.8 Å². The first-order valence-electron chi connectivity index (χ1n) is 15.4. The summed E-state index contributed by atoms with van der Waals surface area (Å²) in [6.45, 7) is 21.8. The van der Waals surface area contributed by atoms with Crippen molar-refractivity contribution in [2.75, 3.05) is 0 Å². The van der Waals surface area contributed by atoms with Gasteiger partial charge in [0, 0.05) is 0 Å². The maximum Gasteiger partial charge on any atom is 0.122 e. The quantitative estimate of drug-likeness (QED) is 0.257. The van der Waals surface area contributed by atoms with E-state index in [1.54, 1.807) is 0 Å². The summed E-state index contributed by atoms with van der Waals surface area (Å²) >= 11 is 0. The van der Waals surface area contributed by atoms with Crippen LogP contribution in [0.25, 0.3) is 0 Å². The lowest BCUT2D eigenvalue weighted by Gasteiger charge is -2.24. The molecule has 0 aliphatic heterocycles. The van der Waals surface area contributed by atoms with Gasteiger partial charge in [0.15, 0.2) is 0 Å². The molecule has 38 heavy (non-hydrogen) atoms. The molecule has 0 atom stereocenters. The molecule has 2 nitrogen and oxygen atoms in total. The fourth-order valence-electron chi connectivity index (χ4n) is 5.47. The molecule has 0 radical (unpaired) electrons. The van der Waals surface area contributed by atoms with Gasteiger partial charge in [0.1, 0.15) is 11.5 Å². The first-order chi connectivity index (χ1) is 17.6. The maximum absolute atomic E-state index is 10.8. The number of rotatable bonds is 13. The van der Waals surface area contributed by atoms with Gasteiger partial charge in [-0.3, -0.25) is 0 Å². The zero-order chi connectivity index (χ0) is 28.7. The van der Waals surface area contributed by atoms with Gasteiger partial charge in [-0.25, -0.2) is 0 Å². The number of phenols is 2. The van der Waals surface area contributed by atoms with Crippen molar-refractivity contribution in [3.05, 3.63) is 57.6 Å². The summed E-state index contributed by atoms with van der Waals surface area (Å²) in [6, 6.07) is 8.95. The molecule has 0 spiro atoms. The Balaban J connectivity index is 1.74. The molecule has 0 saturated heterocycles. The summed E-state index contributed by atoms with van der Waals surface area (Å²) in [4.78, 5) is 0. The van der Waals surface area contributed by atoms with Gasteiger partial charge in [0.05, 0.1) is 0 Å². The molecule has 2 aromatic rings. The fourth-order valence-corrected chi connectivity index (χ4v) is 5.47. The van der Waals surface area contributed by atoms with Crippen LogP contribution < -0.4 is 0 Å². The topological polar surface area (TPSA) is 40.5 Å². The van der Waals surface area contributed by atoms with E-state index in [1.165, 1.54) is 62.5 Å². The molecule has 0 aliphatic rings. The molecule has 214 valence electrons. The van der Waals surface area contributed by atoms with Gasteiger partial charge in [-0.2, -0.15) is 0 Å². The van der Waals surface area contributed by atoms with Crippen LogP contribution in [0.2, 0.25) is 0 Å². The Labute approximate surface area is 235 Å². The number of benzene rings is 2. The standard InChI is InChI=1S/C36H58O2/c1-25(2)29-21-27(23-31(33(29)37)35(5,6)7)19-17-15-13-11-12-14-16-18-20-28-22-30(26(3)4)34(38)32(24-28)36(8,9)10/h21-26,37-38H,11-20H2,1-10H3. The number of hydrogen-bond donors (Lipinski definition) is 2. The van der Waals surface area contributed by atoms with Crippen molar-refractivity contribution in [2.45, 2.75) is 156 Å². The largest absolute Gasteiger partial charge is 0.507 e. The van der Waals surface area contributed by atoms with Crippen molar-refractivity contribution in [3.8, 4) is 11.5 Å². The highest BCUT2D eigenvalue weighted by Gasteiger charge is 2.23. The Morgan fingerprint density at radius 2 is 0.789 bits per heavy atom. The monoisotopic (exact) mass is 522 g/mol. The SMILES string of the molecule is CC(C)c1cc(CCCCCCCCCCc2cc(C(C)C)c(O)c(C(C)(C)C)c2)cc(C(C)(C)C)c1O. The highest BCUT2D eigenvalue weighted by Crippen LogP contribution is 2.39. The van der Waals surface area contributed by atoms with E-state index in [2.05, 4.69) is 93.5 Å². The van der Waals surface area contributed by atoms with Crippen molar-refractivity contribution in [1.82, 2.24) is 0 Å². The van der Waals surface area contributed by atoms with Crippen molar-refractivity contribution in [3.63, 3.8) is 0 Å². The van der Waals surface area contributed by atoms with E-state index in [9.17, 15) is 10.2 Å². The molecule has 2 aromatic carbocycles. The van der Waals surface area contributed by atoms with E-state index >= 15 is 0 Å². The van der Waals surface area contributed by atoms with Crippen LogP contribution in [-0.4, -0.2) is 10.2 Å². The first-order valence-corrected chi connectivity index (χ1v) is 15.4. The third-order valence-electron chi connectivity index (χ3n) is 7.94. The second-order valence-electron chi connectivity index (χ2n) is 14.3. The zero-order valence-electron chi connectivity index (χ0n) is 26.4. The minimum atomic E-state index is -0.0440. The van der Waals surface area contributed by atoms with E-state index < -0.39 is 0 Å². The molecule has 0 heterocycles. The van der Waals surface area contributed by atoms with Gasteiger partial charge >= 0.3 is 0 Å². The van der Waals surface area contributed by atoms with Crippen LogP contribution in [0, 0.1) is 0 Å². The van der Waals surface area contributed by atoms with E-state index in [1.807, 2.05) is 0 Å². The Hall–Kier alpha value is -1.96. The van der Waals surface area contributed by atoms with E-state index in [0.717, 1.165) is 35.1 Å². The second kappa shape index (κ2) is 13.9. The van der Waals surface area contributed by atoms with Crippen molar-refractivity contribution >= 4 is 0 Å². The van der Waals surface area contributed by atoms with Gasteiger partial charge in [0.2, 0.25) is 0 Å². The molecule has 0 unspecified atom stereocenters. The lowest BCUT2D eigenvalue weighted by molar-refractivity contribution is 0.436. The zero-order valence-corrected chi connectivity index (χ0v) is 26.4. The van der Waals surface area contributed by atoms with Crippen LogP contribution in [0.4, 0.5) is 0 Å². The summed E-state index contributed by atoms with van der Waals surface area (Å²) in [5.41, 5.74) is 7.02. The van der Waals surface area contributed by atoms with Crippen LogP contribution in [0.15, 0.2) is 24.3 Å². The summed E-state index contributed by atoms with van der Waals surface area (Å²) in [6.07, 6.45) is 12.5. The van der Waals surface area contributed by atoms with E-state index in [4.69, 9.17) is 0 Å². The Morgan fingerprint density at radius 1 is 0.500 bits per heavy atom. The number of phenolic OH excluding ortho intramolecular Hbond substituents is 2. The van der Waals surface area contributed by atoms with Gasteiger partial charge in [-0.1, -0.05) is 132 Å². The average molecular weight is 523 g/mol. The minimum absolute atomic E-state index is 0.0440. The summed E-state index contributed by atoms with van der Waals surface area (Å²) in [5, 5.41) is 21.6. The first kappa shape index (κ1) is 32.3. The number of aryl methyl sites for hydroxylation is 2. The van der Waals surface area contributed by atoms with Crippen LogP contribution in [0.3, 0.4) is 0 Å². The Morgan fingerprint density at radius 3 is 1.05 bits per heavy atom. The number of aromatic hydroxyl groups is 2. The molecule has 0 aromatic heterocycles. The van der Waals surface area contributed by atoms with Crippen LogP contribution >= 0.6 is 0 Å². The molecule has 2 rings (SSSR count). The smallest absolute Gasteiger partial charge is 0.122 e. The van der Waals surface area contributed by atoms with Gasteiger partial charge in [-0.15, -0.1) is 0 Å². The van der Waals surface area contributed by atoms with Gasteiger partial charge in [-0.05, 0) is 81.7 Å². The lowest BCUT2D eigenvalue weighted by atomic mass is 9.82. The third kappa shape index (κ3) is 9.35. The maximum atomic E-state index is 10.8. The highest BCUT2D eigenvalue weighted by atomic mass is 16.3. The molecular weight excluding hydrogens is 464 g/mol. The van der Waals surface area contributed by atoms with Gasteiger partial charge < -0.3 is 10.2 Å². The Bertz CT molecular complexity index is 932. The van der Waals surface area contributed by atoms with E-state index in [0.29, 0.717) is 23.3 Å². The van der Waals surface area contributed by atoms with Crippen molar-refractivity contribution < 1.29 is 10.2 Å². The molecule has 2 N–H and O–H groups in total. The number of unbranched alkanes of at least 4 members (excludes halogenated alkanes) is 7. The number of hydrogen-bond acceptors (Lipinski definition) is 2. The predicted molar refractivity (Wildman–Crippen MR) is 166 cm³/mol. The second-order valence-corrected chi connectivity index (χ2v) is 14.3. The molecule has 0 bridgehead atoms. The molecule has 2 heteroatoms. The Kier molecular flexibility index (Phi) is 11.8.